The molecule has 3 heteroatoms. The topological polar surface area (TPSA) is 23.8 Å². The number of rotatable bonds is 1. The van der Waals surface area contributed by atoms with E-state index < -0.39 is 0 Å². The van der Waals surface area contributed by atoms with Gasteiger partial charge in [0.2, 0.25) is 0 Å². The molecular weight excluding hydrogens is 229 g/mol. The molecular formula is C12H11Cl2N. The van der Waals surface area contributed by atoms with E-state index in [0.717, 1.165) is 29.5 Å². The van der Waals surface area contributed by atoms with Gasteiger partial charge < -0.3 is 0 Å². The van der Waals surface area contributed by atoms with Gasteiger partial charge in [-0.25, -0.2) is 0 Å². The van der Waals surface area contributed by atoms with Crippen molar-refractivity contribution in [2.24, 2.45) is 0 Å². The number of hydrogen-bond acceptors (Lipinski definition) is 1. The quantitative estimate of drug-likeness (QED) is 0.722. The van der Waals surface area contributed by atoms with Crippen LogP contribution in [0.25, 0.3) is 0 Å². The normalized spacial score (nSPS) is 17.3. The molecule has 1 aliphatic rings. The molecule has 0 heterocycles. The molecule has 0 radical (unpaired) electrons. The predicted octanol–water partition coefficient (Wildman–Crippen LogP) is 4.17. The van der Waals surface area contributed by atoms with E-state index in [1.807, 2.05) is 13.8 Å². The molecule has 0 spiro atoms. The minimum absolute atomic E-state index is 0.317. The fourth-order valence-electron chi connectivity index (χ4n) is 2.11. The first kappa shape index (κ1) is 10.8. The van der Waals surface area contributed by atoms with Crippen molar-refractivity contribution >= 4 is 23.2 Å². The highest BCUT2D eigenvalue weighted by Crippen LogP contribution is 2.51. The van der Waals surface area contributed by atoms with Gasteiger partial charge in [-0.2, -0.15) is 5.26 Å². The second kappa shape index (κ2) is 3.40. The van der Waals surface area contributed by atoms with E-state index in [0.29, 0.717) is 10.0 Å². The average Bonchev–Trinajstić information content (AvgIpc) is 2.96. The van der Waals surface area contributed by atoms with E-state index >= 15 is 0 Å². The molecule has 0 atom stereocenters. The molecule has 1 nitrogen and oxygen atoms in total. The van der Waals surface area contributed by atoms with Crippen molar-refractivity contribution in [2.75, 3.05) is 0 Å². The molecule has 15 heavy (non-hydrogen) atoms. The molecule has 0 N–H and O–H groups in total. The Morgan fingerprint density at radius 3 is 2.00 bits per heavy atom. The number of nitrogens with zero attached hydrogens (tertiary/aromatic N) is 1. The Hall–Kier alpha value is -0.710. The molecule has 0 unspecified atom stereocenters. The highest BCUT2D eigenvalue weighted by Gasteiger charge is 2.47. The van der Waals surface area contributed by atoms with Gasteiger partial charge in [-0.15, -0.1) is 0 Å². The van der Waals surface area contributed by atoms with Gasteiger partial charge in [-0.05, 0) is 49.4 Å². The van der Waals surface area contributed by atoms with Crippen LogP contribution < -0.4 is 0 Å². The lowest BCUT2D eigenvalue weighted by molar-refractivity contribution is 0.882. The van der Waals surface area contributed by atoms with E-state index in [1.165, 1.54) is 0 Å². The molecule has 78 valence electrons. The maximum Gasteiger partial charge on any atom is 0.0829 e. The lowest BCUT2D eigenvalue weighted by Crippen LogP contribution is -2.08. The molecule has 1 aromatic carbocycles. The lowest BCUT2D eigenvalue weighted by atomic mass is 9.89. The Labute approximate surface area is 99.6 Å². The minimum atomic E-state index is -0.317. The van der Waals surface area contributed by atoms with Crippen LogP contribution in [0.3, 0.4) is 0 Å². The molecule has 1 aliphatic carbocycles. The first-order valence-electron chi connectivity index (χ1n) is 4.89. The summed E-state index contributed by atoms with van der Waals surface area (Å²) in [4.78, 5) is 0. The second-order valence-corrected chi connectivity index (χ2v) is 4.97. The Balaban J connectivity index is 2.71. The van der Waals surface area contributed by atoms with Gasteiger partial charge in [0.05, 0.1) is 11.5 Å². The predicted molar refractivity (Wildman–Crippen MR) is 62.5 cm³/mol. The van der Waals surface area contributed by atoms with Crippen molar-refractivity contribution in [3.8, 4) is 6.07 Å². The SMILES string of the molecule is Cc1c(Cl)cc(Cl)c(C)c1C1(C#N)CC1. The highest BCUT2D eigenvalue weighted by atomic mass is 35.5. The summed E-state index contributed by atoms with van der Waals surface area (Å²) in [6.45, 7) is 3.91. The fraction of sp³-hybridized carbons (Fsp3) is 0.417. The van der Waals surface area contributed by atoms with Gasteiger partial charge in [0.25, 0.3) is 0 Å². The second-order valence-electron chi connectivity index (χ2n) is 4.16. The zero-order valence-corrected chi connectivity index (χ0v) is 10.2. The van der Waals surface area contributed by atoms with E-state index in [2.05, 4.69) is 6.07 Å². The molecule has 1 fully saturated rings. The van der Waals surface area contributed by atoms with Gasteiger partial charge in [0, 0.05) is 10.0 Å². The smallest absolute Gasteiger partial charge is 0.0829 e. The van der Waals surface area contributed by atoms with Crippen molar-refractivity contribution in [3.63, 3.8) is 0 Å². The van der Waals surface area contributed by atoms with Crippen molar-refractivity contribution in [3.05, 3.63) is 32.8 Å². The summed E-state index contributed by atoms with van der Waals surface area (Å²) < 4.78 is 0. The summed E-state index contributed by atoms with van der Waals surface area (Å²) in [7, 11) is 0. The highest BCUT2D eigenvalue weighted by molar-refractivity contribution is 6.35. The maximum absolute atomic E-state index is 9.20. The first-order valence-corrected chi connectivity index (χ1v) is 5.64. The molecule has 0 saturated heterocycles. The monoisotopic (exact) mass is 239 g/mol. The Bertz CT molecular complexity index is 441. The third kappa shape index (κ3) is 1.53. The summed E-state index contributed by atoms with van der Waals surface area (Å²) in [5.74, 6) is 0. The Morgan fingerprint density at radius 2 is 1.67 bits per heavy atom. The summed E-state index contributed by atoms with van der Waals surface area (Å²) in [6.07, 6.45) is 1.84. The van der Waals surface area contributed by atoms with E-state index in [4.69, 9.17) is 23.2 Å². The summed E-state index contributed by atoms with van der Waals surface area (Å²) >= 11 is 12.2. The summed E-state index contributed by atoms with van der Waals surface area (Å²) in [5.41, 5.74) is 2.72. The zero-order valence-electron chi connectivity index (χ0n) is 8.69. The van der Waals surface area contributed by atoms with Crippen LogP contribution in [0.4, 0.5) is 0 Å². The minimum Gasteiger partial charge on any atom is -0.197 e. The largest absolute Gasteiger partial charge is 0.197 e. The third-order valence-corrected chi connectivity index (χ3v) is 3.95. The van der Waals surface area contributed by atoms with Crippen LogP contribution in [0.5, 0.6) is 0 Å². The van der Waals surface area contributed by atoms with E-state index in [1.54, 1.807) is 6.07 Å². The van der Waals surface area contributed by atoms with Gasteiger partial charge in [-0.3, -0.25) is 0 Å². The van der Waals surface area contributed by atoms with E-state index in [9.17, 15) is 5.26 Å². The Kier molecular flexibility index (Phi) is 2.45. The number of halogens is 2. The maximum atomic E-state index is 9.20. The molecule has 2 rings (SSSR count). The van der Waals surface area contributed by atoms with Gasteiger partial charge in [0.15, 0.2) is 0 Å². The molecule has 0 aliphatic heterocycles. The van der Waals surface area contributed by atoms with Crippen LogP contribution in [0, 0.1) is 25.2 Å². The number of benzene rings is 1. The summed E-state index contributed by atoms with van der Waals surface area (Å²) in [6, 6.07) is 4.14. The van der Waals surface area contributed by atoms with Crippen molar-refractivity contribution in [2.45, 2.75) is 32.1 Å². The average molecular weight is 240 g/mol. The summed E-state index contributed by atoms with van der Waals surface area (Å²) in [5, 5.41) is 10.5. The molecule has 1 aromatic rings. The molecule has 1 saturated carbocycles. The van der Waals surface area contributed by atoms with Crippen molar-refractivity contribution in [1.82, 2.24) is 0 Å². The van der Waals surface area contributed by atoms with Crippen LogP contribution in [0.15, 0.2) is 6.07 Å². The van der Waals surface area contributed by atoms with E-state index in [-0.39, 0.29) is 5.41 Å². The van der Waals surface area contributed by atoms with Crippen LogP contribution in [-0.2, 0) is 5.41 Å². The van der Waals surface area contributed by atoms with Crippen LogP contribution >= 0.6 is 23.2 Å². The molecule has 0 aromatic heterocycles. The number of hydrogen-bond donors (Lipinski definition) is 0. The van der Waals surface area contributed by atoms with Crippen LogP contribution in [-0.4, -0.2) is 0 Å². The van der Waals surface area contributed by atoms with Crippen molar-refractivity contribution < 1.29 is 0 Å². The molecule has 0 bridgehead atoms. The fourth-order valence-corrected chi connectivity index (χ4v) is 2.57. The van der Waals surface area contributed by atoms with Crippen molar-refractivity contribution in [1.29, 1.82) is 5.26 Å². The Morgan fingerprint density at radius 1 is 1.20 bits per heavy atom. The first-order chi connectivity index (χ1) is 7.02. The molecule has 0 amide bonds. The van der Waals surface area contributed by atoms with Crippen LogP contribution in [0.2, 0.25) is 10.0 Å². The number of nitriles is 1. The van der Waals surface area contributed by atoms with Gasteiger partial charge in [0.1, 0.15) is 0 Å². The van der Waals surface area contributed by atoms with Gasteiger partial charge in [-0.1, -0.05) is 23.2 Å². The standard InChI is InChI=1S/C12H11Cl2N/c1-7-9(13)5-10(14)8(2)11(7)12(6-15)3-4-12/h5H,3-4H2,1-2H3. The zero-order chi connectivity index (χ0) is 11.2. The van der Waals surface area contributed by atoms with Crippen LogP contribution in [0.1, 0.15) is 29.5 Å². The third-order valence-electron chi connectivity index (χ3n) is 3.16. The van der Waals surface area contributed by atoms with Gasteiger partial charge >= 0.3 is 0 Å². The lowest BCUT2D eigenvalue weighted by Gasteiger charge is -2.16.